The molecule has 15 heteroatoms. The van der Waals surface area contributed by atoms with Gasteiger partial charge in [0, 0.05) is 32.1 Å². The number of carbonyl (C=O) groups excluding carboxylic acids is 2. The largest absolute Gasteiger partial charge is 0.481 e. The minimum atomic E-state index is -1.63. The van der Waals surface area contributed by atoms with Crippen molar-refractivity contribution in [3.63, 3.8) is 0 Å². The van der Waals surface area contributed by atoms with Gasteiger partial charge >= 0.3 is 17.9 Å². The number of carbonyl (C=O) groups is 5. The molecule has 0 fully saturated rings. The Kier molecular flexibility index (Phi) is 11.5. The molecule has 242 valence electrons. The Bertz CT molecular complexity index is 1770. The lowest BCUT2D eigenvalue weighted by Gasteiger charge is -2.25. The molecular weight excluding hydrogens is 605 g/mol. The molecule has 2 amide bonds. The summed E-state index contributed by atoms with van der Waals surface area (Å²) in [6.45, 7) is 1.89. The van der Waals surface area contributed by atoms with Crippen LogP contribution in [0.5, 0.6) is 0 Å². The number of aromatic nitrogens is 2. The monoisotopic (exact) mass is 637 g/mol. The molecule has 0 aliphatic heterocycles. The predicted octanol–water partition coefficient (Wildman–Crippen LogP) is 1.75. The summed E-state index contributed by atoms with van der Waals surface area (Å²) < 4.78 is 15.2. The summed E-state index contributed by atoms with van der Waals surface area (Å²) in [6.07, 6.45) is 3.72. The molecule has 0 aliphatic rings. The topological polar surface area (TPSA) is 210 Å². The molecule has 14 nitrogen and oxygen atoms in total. The van der Waals surface area contributed by atoms with Crippen molar-refractivity contribution in [2.45, 2.75) is 51.2 Å². The van der Waals surface area contributed by atoms with Crippen LogP contribution in [-0.4, -0.2) is 85.6 Å². The van der Waals surface area contributed by atoms with Gasteiger partial charge in [-0.05, 0) is 55.7 Å². The number of halogens is 1. The third-order valence-corrected chi connectivity index (χ3v) is 7.13. The number of H-pyrrole nitrogens is 1. The standard InChI is InChI=1S/C31H32FN5O9/c1-4-13-37(16-18-5-8-23-21(14-18)29(42)34-17(2)33-23)19-6-7-20(22(32)15-19)28(41)35-24(30(43)44)9-11-26(38)36(3)25(31(45)46)10-12-27(39)40/h1,5-8,14-15,24-25H,9-13,16H2,2-3H3,(H,35,41)(H,39,40)(H,43,44)(H,45,46)(H,33,34,42)/t24-,25-/m0/s1. The van der Waals surface area contributed by atoms with Crippen molar-refractivity contribution in [1.82, 2.24) is 20.2 Å². The van der Waals surface area contributed by atoms with E-state index in [4.69, 9.17) is 11.5 Å². The van der Waals surface area contributed by atoms with E-state index in [9.17, 15) is 39.0 Å². The Morgan fingerprint density at radius 1 is 1.04 bits per heavy atom. The van der Waals surface area contributed by atoms with Crippen LogP contribution < -0.4 is 15.8 Å². The van der Waals surface area contributed by atoms with Crippen LogP contribution in [0.15, 0.2) is 41.2 Å². The quantitative estimate of drug-likeness (QED) is 0.152. The lowest BCUT2D eigenvalue weighted by atomic mass is 10.1. The summed E-state index contributed by atoms with van der Waals surface area (Å²) in [7, 11) is 1.15. The number of aliphatic carboxylic acids is 3. The van der Waals surface area contributed by atoms with E-state index in [1.807, 2.05) is 0 Å². The Balaban J connectivity index is 1.71. The zero-order valence-corrected chi connectivity index (χ0v) is 24.9. The number of terminal acetylenes is 1. The van der Waals surface area contributed by atoms with E-state index < -0.39 is 72.4 Å². The molecule has 0 spiro atoms. The molecule has 1 heterocycles. The Morgan fingerprint density at radius 2 is 1.76 bits per heavy atom. The van der Waals surface area contributed by atoms with Gasteiger partial charge in [0.25, 0.3) is 11.5 Å². The van der Waals surface area contributed by atoms with E-state index in [1.54, 1.807) is 30.0 Å². The average molecular weight is 638 g/mol. The molecule has 0 unspecified atom stereocenters. The molecule has 0 saturated carbocycles. The van der Waals surface area contributed by atoms with Gasteiger partial charge in [-0.25, -0.2) is 19.0 Å². The predicted molar refractivity (Wildman–Crippen MR) is 163 cm³/mol. The molecule has 0 bridgehead atoms. The van der Waals surface area contributed by atoms with Crippen LogP contribution >= 0.6 is 0 Å². The number of anilines is 1. The number of likely N-dealkylation sites (N-methyl/N-ethyl adjacent to an activating group) is 1. The fourth-order valence-corrected chi connectivity index (χ4v) is 4.71. The molecule has 0 aliphatic carbocycles. The number of hydrogen-bond donors (Lipinski definition) is 5. The highest BCUT2D eigenvalue weighted by molar-refractivity contribution is 5.97. The van der Waals surface area contributed by atoms with Crippen LogP contribution in [0.4, 0.5) is 10.1 Å². The summed E-state index contributed by atoms with van der Waals surface area (Å²) in [5.41, 5.74) is 0.707. The van der Waals surface area contributed by atoms with Gasteiger partial charge in [-0.1, -0.05) is 12.0 Å². The van der Waals surface area contributed by atoms with Gasteiger partial charge in [0.05, 0.1) is 23.0 Å². The molecule has 2 atom stereocenters. The van der Waals surface area contributed by atoms with Crippen molar-refractivity contribution < 1.29 is 43.7 Å². The van der Waals surface area contributed by atoms with Gasteiger partial charge in [-0.2, -0.15) is 0 Å². The summed E-state index contributed by atoms with van der Waals surface area (Å²) in [5.74, 6) is -4.08. The lowest BCUT2D eigenvalue weighted by Crippen LogP contribution is -2.45. The van der Waals surface area contributed by atoms with Crippen LogP contribution in [0.25, 0.3) is 10.9 Å². The van der Waals surface area contributed by atoms with Gasteiger partial charge < -0.3 is 35.4 Å². The van der Waals surface area contributed by atoms with E-state index in [2.05, 4.69) is 21.2 Å². The van der Waals surface area contributed by atoms with E-state index >= 15 is 4.39 Å². The van der Waals surface area contributed by atoms with Crippen LogP contribution in [-0.2, 0) is 25.7 Å². The zero-order valence-electron chi connectivity index (χ0n) is 24.9. The average Bonchev–Trinajstić information content (AvgIpc) is 2.98. The highest BCUT2D eigenvalue weighted by atomic mass is 19.1. The first-order valence-corrected chi connectivity index (χ1v) is 13.9. The fourth-order valence-electron chi connectivity index (χ4n) is 4.71. The van der Waals surface area contributed by atoms with Crippen molar-refractivity contribution >= 4 is 46.3 Å². The SMILES string of the molecule is C#CCN(Cc1ccc2nc(C)[nH]c(=O)c2c1)c1ccc(C(=O)N[C@@H](CCC(=O)N(C)[C@@H](CCC(=O)O)C(=O)O)C(=O)O)c(F)c1. The van der Waals surface area contributed by atoms with Crippen molar-refractivity contribution in [2.75, 3.05) is 18.5 Å². The second-order valence-electron chi connectivity index (χ2n) is 10.4. The van der Waals surface area contributed by atoms with E-state index in [-0.39, 0.29) is 25.1 Å². The Labute approximate surface area is 261 Å². The number of carboxylic acids is 3. The molecule has 3 rings (SSSR count). The maximum atomic E-state index is 15.2. The number of benzene rings is 2. The summed E-state index contributed by atoms with van der Waals surface area (Å²) in [6, 6.07) is 5.64. The number of aryl methyl sites for hydroxylation is 1. The van der Waals surface area contributed by atoms with Gasteiger partial charge in [0.2, 0.25) is 5.91 Å². The van der Waals surface area contributed by atoms with E-state index in [0.717, 1.165) is 24.1 Å². The number of nitrogens with zero attached hydrogens (tertiary/aromatic N) is 3. The Morgan fingerprint density at radius 3 is 2.37 bits per heavy atom. The van der Waals surface area contributed by atoms with Crippen molar-refractivity contribution in [3.8, 4) is 12.3 Å². The van der Waals surface area contributed by atoms with Crippen LogP contribution in [0.1, 0.15) is 47.4 Å². The van der Waals surface area contributed by atoms with E-state index in [0.29, 0.717) is 28.0 Å². The number of carboxylic acid groups (broad SMARTS) is 3. The maximum absolute atomic E-state index is 15.2. The number of aromatic amines is 1. The molecule has 0 saturated heterocycles. The second-order valence-corrected chi connectivity index (χ2v) is 10.4. The van der Waals surface area contributed by atoms with Gasteiger partial charge in [0.15, 0.2) is 0 Å². The third kappa shape index (κ3) is 8.88. The van der Waals surface area contributed by atoms with Crippen molar-refractivity contribution in [2.24, 2.45) is 0 Å². The van der Waals surface area contributed by atoms with Crippen LogP contribution in [0.2, 0.25) is 0 Å². The number of amides is 2. The van der Waals surface area contributed by atoms with Crippen LogP contribution in [0, 0.1) is 25.1 Å². The van der Waals surface area contributed by atoms with Gasteiger partial charge in [0.1, 0.15) is 23.7 Å². The smallest absolute Gasteiger partial charge is 0.326 e. The number of rotatable bonds is 15. The third-order valence-electron chi connectivity index (χ3n) is 7.13. The summed E-state index contributed by atoms with van der Waals surface area (Å²) in [5, 5.41) is 30.3. The molecule has 1 aromatic heterocycles. The molecule has 0 radical (unpaired) electrons. The van der Waals surface area contributed by atoms with Crippen molar-refractivity contribution in [3.05, 3.63) is 69.5 Å². The first-order chi connectivity index (χ1) is 21.7. The summed E-state index contributed by atoms with van der Waals surface area (Å²) >= 11 is 0. The van der Waals surface area contributed by atoms with E-state index in [1.165, 1.54) is 6.07 Å². The molecule has 46 heavy (non-hydrogen) atoms. The highest BCUT2D eigenvalue weighted by Gasteiger charge is 2.29. The Hall–Kier alpha value is -5.78. The zero-order chi connectivity index (χ0) is 34.1. The minimum Gasteiger partial charge on any atom is -0.481 e. The number of fused-ring (bicyclic) bond motifs is 1. The normalized spacial score (nSPS) is 12.0. The van der Waals surface area contributed by atoms with Crippen molar-refractivity contribution in [1.29, 1.82) is 0 Å². The second kappa shape index (κ2) is 15.3. The van der Waals surface area contributed by atoms with Gasteiger partial charge in [-0.15, -0.1) is 6.42 Å². The summed E-state index contributed by atoms with van der Waals surface area (Å²) in [4.78, 5) is 81.3. The van der Waals surface area contributed by atoms with Crippen LogP contribution in [0.3, 0.4) is 0 Å². The molecule has 3 aromatic rings. The molecular formula is C31H32FN5O9. The van der Waals surface area contributed by atoms with Gasteiger partial charge in [-0.3, -0.25) is 19.2 Å². The number of nitrogens with one attached hydrogen (secondary N) is 2. The lowest BCUT2D eigenvalue weighted by molar-refractivity contribution is -0.150. The minimum absolute atomic E-state index is 0.0497. The molecule has 5 N–H and O–H groups in total. The maximum Gasteiger partial charge on any atom is 0.326 e. The molecule has 2 aromatic carbocycles. The number of hydrogen-bond acceptors (Lipinski definition) is 8. The highest BCUT2D eigenvalue weighted by Crippen LogP contribution is 2.22. The fraction of sp³-hybridized carbons (Fsp3) is 0.323. The first-order valence-electron chi connectivity index (χ1n) is 13.9. The first kappa shape index (κ1) is 34.7.